The molecule has 3 rings (SSSR count). The summed E-state index contributed by atoms with van der Waals surface area (Å²) < 4.78 is 8.30. The van der Waals surface area contributed by atoms with Gasteiger partial charge in [-0.2, -0.15) is 10.1 Å². The number of rotatable bonds is 6. The highest BCUT2D eigenvalue weighted by atomic mass is 35.5. The molecule has 0 saturated heterocycles. The van der Waals surface area contributed by atoms with E-state index in [1.54, 1.807) is 9.25 Å². The van der Waals surface area contributed by atoms with Crippen LogP contribution in [0.5, 0.6) is 6.01 Å². The maximum absolute atomic E-state index is 12.2. The molecule has 0 saturated carbocycles. The summed E-state index contributed by atoms with van der Waals surface area (Å²) in [4.78, 5) is 20.3. The molecule has 0 aliphatic carbocycles. The van der Waals surface area contributed by atoms with Crippen LogP contribution >= 0.6 is 11.6 Å². The molecule has 0 aromatic carbocycles. The average molecular weight is 339 g/mol. The van der Waals surface area contributed by atoms with Gasteiger partial charge < -0.3 is 10.1 Å². The van der Waals surface area contributed by atoms with Crippen LogP contribution in [0, 0.1) is 0 Å². The van der Waals surface area contributed by atoms with Gasteiger partial charge in [0.05, 0.1) is 13.3 Å². The van der Waals surface area contributed by atoms with Crippen LogP contribution < -0.4 is 15.7 Å². The third-order valence-corrected chi connectivity index (χ3v) is 4.05. The van der Waals surface area contributed by atoms with Gasteiger partial charge in [-0.05, 0) is 19.3 Å². The van der Waals surface area contributed by atoms with E-state index < -0.39 is 0 Å². The fraction of sp³-hybridized carbons (Fsp3) is 0.571. The van der Waals surface area contributed by atoms with Gasteiger partial charge in [0.1, 0.15) is 10.8 Å². The largest absolute Gasteiger partial charge is 0.467 e. The summed E-state index contributed by atoms with van der Waals surface area (Å²) in [5.41, 5.74) is -0.0126. The van der Waals surface area contributed by atoms with Crippen LogP contribution in [0.4, 0.5) is 5.82 Å². The van der Waals surface area contributed by atoms with E-state index in [4.69, 9.17) is 16.3 Å². The number of nitrogens with one attached hydrogen (secondary N) is 1. The lowest BCUT2D eigenvalue weighted by molar-refractivity contribution is 0.380. The third kappa shape index (κ3) is 3.47. The fourth-order valence-electron chi connectivity index (χ4n) is 2.60. The van der Waals surface area contributed by atoms with Crippen molar-refractivity contribution in [1.82, 2.24) is 24.3 Å². The summed E-state index contributed by atoms with van der Waals surface area (Å²) in [6, 6.07) is 0.259. The molecule has 2 aromatic heterocycles. The van der Waals surface area contributed by atoms with Crippen molar-refractivity contribution in [2.75, 3.05) is 19.0 Å². The number of hydrogen-bond donors (Lipinski definition) is 1. The van der Waals surface area contributed by atoms with E-state index in [-0.39, 0.29) is 11.7 Å². The van der Waals surface area contributed by atoms with Crippen molar-refractivity contribution in [3.05, 3.63) is 27.5 Å². The normalized spacial score (nSPS) is 13.7. The molecule has 0 amide bonds. The first-order chi connectivity index (χ1) is 11.2. The highest BCUT2D eigenvalue weighted by molar-refractivity contribution is 6.32. The Kier molecular flexibility index (Phi) is 4.80. The zero-order chi connectivity index (χ0) is 16.2. The molecule has 1 aliphatic rings. The maximum Gasteiger partial charge on any atom is 0.345 e. The molecule has 1 N–H and O–H groups in total. The molecule has 3 heterocycles. The molecule has 124 valence electrons. The lowest BCUT2D eigenvalue weighted by Crippen LogP contribution is -2.27. The van der Waals surface area contributed by atoms with Gasteiger partial charge in [0.2, 0.25) is 0 Å². The first-order valence-electron chi connectivity index (χ1n) is 7.66. The molecule has 0 bridgehead atoms. The Balaban J connectivity index is 1.56. The predicted octanol–water partition coefficient (Wildman–Crippen LogP) is 1.34. The summed E-state index contributed by atoms with van der Waals surface area (Å²) >= 11 is 6.03. The molecule has 0 unspecified atom stereocenters. The summed E-state index contributed by atoms with van der Waals surface area (Å²) in [6.07, 6.45) is 5.26. The smallest absolute Gasteiger partial charge is 0.345 e. The zero-order valence-corrected chi connectivity index (χ0v) is 13.7. The van der Waals surface area contributed by atoms with Gasteiger partial charge in [-0.1, -0.05) is 11.6 Å². The van der Waals surface area contributed by atoms with Crippen LogP contribution in [-0.2, 0) is 19.5 Å². The van der Waals surface area contributed by atoms with Gasteiger partial charge in [0.25, 0.3) is 0 Å². The van der Waals surface area contributed by atoms with Crippen molar-refractivity contribution in [2.45, 2.75) is 38.8 Å². The van der Waals surface area contributed by atoms with Gasteiger partial charge in [0.15, 0.2) is 5.82 Å². The summed E-state index contributed by atoms with van der Waals surface area (Å²) in [7, 11) is 1.50. The molecule has 0 atom stereocenters. The van der Waals surface area contributed by atoms with Crippen molar-refractivity contribution in [3.63, 3.8) is 0 Å². The number of fused-ring (bicyclic) bond motifs is 1. The topological polar surface area (TPSA) is 86.9 Å². The van der Waals surface area contributed by atoms with Crippen molar-refractivity contribution in [2.24, 2.45) is 0 Å². The molecule has 9 heteroatoms. The average Bonchev–Trinajstić information content (AvgIpc) is 2.90. The van der Waals surface area contributed by atoms with E-state index in [0.717, 1.165) is 38.1 Å². The molecule has 8 nitrogen and oxygen atoms in total. The number of aryl methyl sites for hydroxylation is 2. The predicted molar refractivity (Wildman–Crippen MR) is 86.1 cm³/mol. The summed E-state index contributed by atoms with van der Waals surface area (Å²) in [5, 5.41) is 7.96. The zero-order valence-electron chi connectivity index (χ0n) is 13.0. The molecule has 2 aromatic rings. The molecule has 0 fully saturated rings. The highest BCUT2D eigenvalue weighted by Gasteiger charge is 2.16. The first-order valence-corrected chi connectivity index (χ1v) is 8.04. The number of ether oxygens (including phenoxy) is 1. The van der Waals surface area contributed by atoms with Gasteiger partial charge in [-0.3, -0.25) is 4.57 Å². The quantitative estimate of drug-likeness (QED) is 0.800. The summed E-state index contributed by atoms with van der Waals surface area (Å²) in [5.74, 6) is 1.42. The Labute approximate surface area is 138 Å². The number of methoxy groups -OCH3 is 1. The molecule has 0 radical (unpaired) electrons. The highest BCUT2D eigenvalue weighted by Crippen LogP contribution is 2.19. The Morgan fingerprint density at radius 3 is 3.09 bits per heavy atom. The number of aromatic nitrogens is 5. The van der Waals surface area contributed by atoms with Crippen LogP contribution in [0.2, 0.25) is 5.02 Å². The molecular formula is C14H19ClN6O2. The first kappa shape index (κ1) is 15.8. The van der Waals surface area contributed by atoms with Gasteiger partial charge >= 0.3 is 11.7 Å². The van der Waals surface area contributed by atoms with E-state index in [9.17, 15) is 4.79 Å². The van der Waals surface area contributed by atoms with Gasteiger partial charge in [-0.15, -0.1) is 0 Å². The maximum atomic E-state index is 12.2. The van der Waals surface area contributed by atoms with Crippen LogP contribution in [0.1, 0.15) is 25.1 Å². The van der Waals surface area contributed by atoms with Gasteiger partial charge in [0, 0.05) is 26.1 Å². The third-order valence-electron chi connectivity index (χ3n) is 3.78. The van der Waals surface area contributed by atoms with E-state index >= 15 is 0 Å². The van der Waals surface area contributed by atoms with E-state index in [0.29, 0.717) is 23.9 Å². The Bertz CT molecular complexity index is 741. The van der Waals surface area contributed by atoms with Crippen molar-refractivity contribution >= 4 is 17.4 Å². The SMILES string of the molecule is COc1ncc(Cl)c(NCCCn2nc3n(c2=O)CCCC3)n1. The van der Waals surface area contributed by atoms with Crippen molar-refractivity contribution in [3.8, 4) is 6.01 Å². The monoisotopic (exact) mass is 338 g/mol. The standard InChI is InChI=1S/C14H19ClN6O2/c1-23-13-17-9-10(15)12(18-13)16-6-4-8-21-14(22)20-7-3-2-5-11(20)19-21/h9H,2-8H2,1H3,(H,16,17,18). The number of anilines is 1. The van der Waals surface area contributed by atoms with E-state index in [1.807, 2.05) is 0 Å². The van der Waals surface area contributed by atoms with Crippen LogP contribution in [0.25, 0.3) is 0 Å². The minimum Gasteiger partial charge on any atom is -0.467 e. The second-order valence-corrected chi connectivity index (χ2v) is 5.77. The van der Waals surface area contributed by atoms with E-state index in [1.165, 1.54) is 13.3 Å². The lowest BCUT2D eigenvalue weighted by atomic mass is 10.2. The summed E-state index contributed by atoms with van der Waals surface area (Å²) in [6.45, 7) is 1.96. The lowest BCUT2D eigenvalue weighted by Gasteiger charge is -2.09. The Morgan fingerprint density at radius 2 is 2.30 bits per heavy atom. The molecular weight excluding hydrogens is 320 g/mol. The molecule has 23 heavy (non-hydrogen) atoms. The van der Waals surface area contributed by atoms with Crippen LogP contribution in [-0.4, -0.2) is 38.0 Å². The molecule has 1 aliphatic heterocycles. The van der Waals surface area contributed by atoms with Crippen LogP contribution in [0.15, 0.2) is 11.0 Å². The van der Waals surface area contributed by atoms with E-state index in [2.05, 4.69) is 20.4 Å². The minimum absolute atomic E-state index is 0.0126. The fourth-order valence-corrected chi connectivity index (χ4v) is 2.76. The van der Waals surface area contributed by atoms with Crippen molar-refractivity contribution < 1.29 is 4.74 Å². The van der Waals surface area contributed by atoms with Crippen LogP contribution in [0.3, 0.4) is 0 Å². The number of halogens is 1. The number of hydrogen-bond acceptors (Lipinski definition) is 6. The molecule has 0 spiro atoms. The van der Waals surface area contributed by atoms with Crippen molar-refractivity contribution in [1.29, 1.82) is 0 Å². The number of nitrogens with zero attached hydrogens (tertiary/aromatic N) is 5. The Hall–Kier alpha value is -2.09. The second kappa shape index (κ2) is 6.99. The second-order valence-electron chi connectivity index (χ2n) is 5.36. The van der Waals surface area contributed by atoms with Gasteiger partial charge in [-0.25, -0.2) is 14.5 Å². The minimum atomic E-state index is -0.0126. The Morgan fingerprint density at radius 1 is 1.43 bits per heavy atom.